The van der Waals surface area contributed by atoms with Crippen LogP contribution in [0.15, 0.2) is 35.4 Å². The highest BCUT2D eigenvalue weighted by Gasteiger charge is 2.12. The molecule has 1 heterocycles. The Labute approximate surface area is 100 Å². The van der Waals surface area contributed by atoms with Gasteiger partial charge in [-0.1, -0.05) is 6.07 Å². The number of rotatable bonds is 1. The molecule has 78 valence electrons. The summed E-state index contributed by atoms with van der Waals surface area (Å²) in [6.07, 6.45) is 1.58. The Balaban J connectivity index is 2.85. The third kappa shape index (κ3) is 2.11. The van der Waals surface area contributed by atoms with E-state index in [0.29, 0.717) is 5.52 Å². The van der Waals surface area contributed by atoms with Crippen LogP contribution in [-0.4, -0.2) is 18.0 Å². The lowest BCUT2D eigenvalue weighted by Crippen LogP contribution is -1.99. The number of aromatic nitrogens is 1. The molecule has 6 heteroatoms. The van der Waals surface area contributed by atoms with Gasteiger partial charge in [0.15, 0.2) is 0 Å². The first-order valence-electron chi connectivity index (χ1n) is 4.00. The summed E-state index contributed by atoms with van der Waals surface area (Å²) in [6, 6.07) is 6.39. The van der Waals surface area contributed by atoms with Crippen molar-refractivity contribution in [3.63, 3.8) is 0 Å². The molecule has 0 aliphatic carbocycles. The molecule has 2 aromatic rings. The van der Waals surface area contributed by atoms with Crippen LogP contribution in [-0.2, 0) is 10.1 Å². The zero-order chi connectivity index (χ0) is 11.1. The molecule has 0 amide bonds. The molecular weight excluding hydrogens is 329 g/mol. The van der Waals surface area contributed by atoms with Gasteiger partial charge in [-0.2, -0.15) is 8.42 Å². The molecule has 0 unspecified atom stereocenters. The first-order valence-corrected chi connectivity index (χ1v) is 6.52. The summed E-state index contributed by atoms with van der Waals surface area (Å²) in [7, 11) is -4.16. The van der Waals surface area contributed by atoms with E-state index in [1.165, 1.54) is 12.1 Å². The summed E-state index contributed by atoms with van der Waals surface area (Å²) in [5.41, 5.74) is 0.553. The van der Waals surface area contributed by atoms with Crippen LogP contribution in [0.3, 0.4) is 0 Å². The molecule has 0 aliphatic heterocycles. The SMILES string of the molecule is O=S(=O)(O)c1cc(I)c2cccnc2c1. The first kappa shape index (κ1) is 10.8. The van der Waals surface area contributed by atoms with E-state index in [4.69, 9.17) is 4.55 Å². The predicted molar refractivity (Wildman–Crippen MR) is 64.3 cm³/mol. The maximum atomic E-state index is 11.0. The molecule has 2 rings (SSSR count). The highest BCUT2D eigenvalue weighted by Crippen LogP contribution is 2.23. The van der Waals surface area contributed by atoms with Gasteiger partial charge in [-0.3, -0.25) is 9.54 Å². The smallest absolute Gasteiger partial charge is 0.282 e. The van der Waals surface area contributed by atoms with E-state index in [2.05, 4.69) is 4.98 Å². The van der Waals surface area contributed by atoms with Gasteiger partial charge in [-0.25, -0.2) is 0 Å². The lowest BCUT2D eigenvalue weighted by molar-refractivity contribution is 0.483. The van der Waals surface area contributed by atoms with Crippen LogP contribution >= 0.6 is 22.6 Å². The molecule has 4 nitrogen and oxygen atoms in total. The molecule has 1 N–H and O–H groups in total. The van der Waals surface area contributed by atoms with Gasteiger partial charge in [0.1, 0.15) is 0 Å². The van der Waals surface area contributed by atoms with Crippen LogP contribution in [0.25, 0.3) is 10.9 Å². The van der Waals surface area contributed by atoms with Gasteiger partial charge in [-0.05, 0) is 40.8 Å². The number of fused-ring (bicyclic) bond motifs is 1. The van der Waals surface area contributed by atoms with E-state index in [9.17, 15) is 8.42 Å². The van der Waals surface area contributed by atoms with Gasteiger partial charge in [0.05, 0.1) is 10.4 Å². The van der Waals surface area contributed by atoms with Crippen LogP contribution < -0.4 is 0 Å². The third-order valence-corrected chi connectivity index (χ3v) is 3.67. The zero-order valence-corrected chi connectivity index (χ0v) is 10.4. The van der Waals surface area contributed by atoms with Crippen LogP contribution in [0.5, 0.6) is 0 Å². The van der Waals surface area contributed by atoms with E-state index >= 15 is 0 Å². The van der Waals surface area contributed by atoms with Crippen molar-refractivity contribution in [2.24, 2.45) is 0 Å². The fourth-order valence-electron chi connectivity index (χ4n) is 1.26. The molecule has 15 heavy (non-hydrogen) atoms. The zero-order valence-electron chi connectivity index (χ0n) is 7.38. The van der Waals surface area contributed by atoms with Gasteiger partial charge in [0.25, 0.3) is 10.1 Å². The highest BCUT2D eigenvalue weighted by molar-refractivity contribution is 14.1. The number of benzene rings is 1. The predicted octanol–water partition coefficient (Wildman–Crippen LogP) is 2.09. The Bertz CT molecular complexity index is 624. The first-order chi connectivity index (χ1) is 6.98. The minimum absolute atomic E-state index is 0.127. The fourth-order valence-corrected chi connectivity index (χ4v) is 2.79. The number of nitrogens with zero attached hydrogens (tertiary/aromatic N) is 1. The average Bonchev–Trinajstić information content (AvgIpc) is 2.16. The van der Waals surface area contributed by atoms with E-state index in [1.807, 2.05) is 28.7 Å². The van der Waals surface area contributed by atoms with Crippen molar-refractivity contribution in [3.8, 4) is 0 Å². The van der Waals surface area contributed by atoms with Crippen LogP contribution in [0.2, 0.25) is 0 Å². The van der Waals surface area contributed by atoms with Crippen molar-refractivity contribution in [2.75, 3.05) is 0 Å². The molecule has 0 bridgehead atoms. The normalized spacial score (nSPS) is 11.9. The Morgan fingerprint density at radius 1 is 1.33 bits per heavy atom. The monoisotopic (exact) mass is 335 g/mol. The standard InChI is InChI=1S/C9H6INO3S/c10-8-4-6(15(12,13)14)5-9-7(8)2-1-3-11-9/h1-5H,(H,12,13,14). The van der Waals surface area contributed by atoms with Gasteiger partial charge in [0.2, 0.25) is 0 Å². The van der Waals surface area contributed by atoms with E-state index in [-0.39, 0.29) is 4.90 Å². The third-order valence-electron chi connectivity index (χ3n) is 1.94. The van der Waals surface area contributed by atoms with Crippen molar-refractivity contribution < 1.29 is 13.0 Å². The molecule has 0 saturated heterocycles. The van der Waals surface area contributed by atoms with Crippen molar-refractivity contribution in [1.29, 1.82) is 0 Å². The second kappa shape index (κ2) is 3.69. The summed E-state index contributed by atoms with van der Waals surface area (Å²) in [5, 5.41) is 0.866. The lowest BCUT2D eigenvalue weighted by Gasteiger charge is -2.02. The highest BCUT2D eigenvalue weighted by atomic mass is 127. The largest absolute Gasteiger partial charge is 0.294 e. The van der Waals surface area contributed by atoms with E-state index in [1.54, 1.807) is 12.3 Å². The summed E-state index contributed by atoms with van der Waals surface area (Å²) >= 11 is 2.01. The minimum Gasteiger partial charge on any atom is -0.282 e. The van der Waals surface area contributed by atoms with E-state index < -0.39 is 10.1 Å². The van der Waals surface area contributed by atoms with Gasteiger partial charge in [-0.15, -0.1) is 0 Å². The number of hydrogen-bond donors (Lipinski definition) is 1. The number of hydrogen-bond acceptors (Lipinski definition) is 3. The van der Waals surface area contributed by atoms with Crippen molar-refractivity contribution >= 4 is 43.6 Å². The molecule has 0 atom stereocenters. The average molecular weight is 335 g/mol. The molecule has 0 radical (unpaired) electrons. The Hall–Kier alpha value is -0.730. The Kier molecular flexibility index (Phi) is 2.65. The molecule has 0 aliphatic rings. The summed E-state index contributed by atoms with van der Waals surface area (Å²) in [4.78, 5) is 3.91. The maximum Gasteiger partial charge on any atom is 0.294 e. The van der Waals surface area contributed by atoms with Gasteiger partial charge < -0.3 is 0 Å². The number of pyridine rings is 1. The van der Waals surface area contributed by atoms with Crippen LogP contribution in [0.4, 0.5) is 0 Å². The summed E-state index contributed by atoms with van der Waals surface area (Å²) in [6.45, 7) is 0. The molecule has 0 saturated carbocycles. The van der Waals surface area contributed by atoms with E-state index in [0.717, 1.165) is 8.96 Å². The topological polar surface area (TPSA) is 67.3 Å². The van der Waals surface area contributed by atoms with Crippen molar-refractivity contribution in [2.45, 2.75) is 4.90 Å². The second-order valence-corrected chi connectivity index (χ2v) is 5.53. The molecule has 1 aromatic heterocycles. The Morgan fingerprint density at radius 2 is 2.07 bits per heavy atom. The summed E-state index contributed by atoms with van der Waals surface area (Å²) in [5.74, 6) is 0. The number of halogens is 1. The van der Waals surface area contributed by atoms with Crippen LogP contribution in [0, 0.1) is 3.57 Å². The van der Waals surface area contributed by atoms with Gasteiger partial charge >= 0.3 is 0 Å². The Morgan fingerprint density at radius 3 is 2.73 bits per heavy atom. The maximum absolute atomic E-state index is 11.0. The van der Waals surface area contributed by atoms with Crippen molar-refractivity contribution in [3.05, 3.63) is 34.0 Å². The molecule has 0 fully saturated rings. The fraction of sp³-hybridized carbons (Fsp3) is 0. The minimum atomic E-state index is -4.16. The van der Waals surface area contributed by atoms with Gasteiger partial charge in [0, 0.05) is 15.2 Å². The lowest BCUT2D eigenvalue weighted by atomic mass is 10.2. The van der Waals surface area contributed by atoms with Crippen LogP contribution in [0.1, 0.15) is 0 Å². The molecule has 0 spiro atoms. The molecular formula is C9H6INO3S. The molecule has 1 aromatic carbocycles. The van der Waals surface area contributed by atoms with Crippen molar-refractivity contribution in [1.82, 2.24) is 4.98 Å². The summed E-state index contributed by atoms with van der Waals surface area (Å²) < 4.78 is 31.6. The quantitative estimate of drug-likeness (QED) is 0.640. The second-order valence-electron chi connectivity index (χ2n) is 2.95.